The van der Waals surface area contributed by atoms with Crippen molar-refractivity contribution >= 4 is 11.9 Å². The molecule has 1 heterocycles. The summed E-state index contributed by atoms with van der Waals surface area (Å²) in [5, 5.41) is 0. The highest BCUT2D eigenvalue weighted by molar-refractivity contribution is 5.81. The molecule has 0 bridgehead atoms. The second-order valence-electron chi connectivity index (χ2n) is 3.81. The summed E-state index contributed by atoms with van der Waals surface area (Å²) in [6, 6.07) is 0. The van der Waals surface area contributed by atoms with Gasteiger partial charge in [-0.3, -0.25) is 9.59 Å². The Kier molecular flexibility index (Phi) is 3.92. The first-order valence-corrected chi connectivity index (χ1v) is 4.98. The Morgan fingerprint density at radius 3 is 2.64 bits per heavy atom. The van der Waals surface area contributed by atoms with Gasteiger partial charge in [0, 0.05) is 19.5 Å². The first-order chi connectivity index (χ1) is 6.63. The van der Waals surface area contributed by atoms with E-state index in [2.05, 4.69) is 11.7 Å². The van der Waals surface area contributed by atoms with Gasteiger partial charge in [0.05, 0.1) is 13.5 Å². The number of nitrogens with zero attached hydrogens (tertiary/aromatic N) is 1. The van der Waals surface area contributed by atoms with Gasteiger partial charge in [-0.05, 0) is 12.3 Å². The Bertz CT molecular complexity index is 227. The fraction of sp³-hybridized carbons (Fsp3) is 0.800. The van der Waals surface area contributed by atoms with Gasteiger partial charge in [0.25, 0.3) is 0 Å². The van der Waals surface area contributed by atoms with Gasteiger partial charge in [-0.25, -0.2) is 0 Å². The quantitative estimate of drug-likeness (QED) is 0.632. The smallest absolute Gasteiger partial charge is 0.306 e. The predicted octanol–water partition coefficient (Wildman–Crippen LogP) is 0.808. The van der Waals surface area contributed by atoms with Crippen LogP contribution in [0.15, 0.2) is 0 Å². The molecule has 1 saturated heterocycles. The minimum absolute atomic E-state index is 0.0692. The zero-order valence-electron chi connectivity index (χ0n) is 8.78. The van der Waals surface area contributed by atoms with Crippen molar-refractivity contribution in [1.29, 1.82) is 0 Å². The van der Waals surface area contributed by atoms with E-state index < -0.39 is 0 Å². The molecule has 1 fully saturated rings. The first kappa shape index (κ1) is 11.0. The molecule has 80 valence electrons. The predicted molar refractivity (Wildman–Crippen MR) is 51.6 cm³/mol. The molecular formula is C10H17NO3. The van der Waals surface area contributed by atoms with Crippen LogP contribution in [0, 0.1) is 5.92 Å². The highest BCUT2D eigenvalue weighted by Gasteiger charge is 2.23. The average molecular weight is 199 g/mol. The molecule has 1 rings (SSSR count). The van der Waals surface area contributed by atoms with E-state index in [1.165, 1.54) is 7.11 Å². The van der Waals surface area contributed by atoms with Crippen LogP contribution in [0.4, 0.5) is 0 Å². The topological polar surface area (TPSA) is 46.6 Å². The number of hydrogen-bond acceptors (Lipinski definition) is 3. The number of rotatable bonds is 3. The number of likely N-dealkylation sites (tertiary alicyclic amines) is 1. The van der Waals surface area contributed by atoms with Crippen LogP contribution in [0.5, 0.6) is 0 Å². The number of methoxy groups -OCH3 is 1. The fourth-order valence-corrected chi connectivity index (χ4v) is 1.63. The minimum atomic E-state index is -0.314. The highest BCUT2D eigenvalue weighted by atomic mass is 16.5. The van der Waals surface area contributed by atoms with Crippen LogP contribution in [0.1, 0.15) is 26.2 Å². The van der Waals surface area contributed by atoms with Gasteiger partial charge in [0.2, 0.25) is 5.91 Å². The lowest BCUT2D eigenvalue weighted by Gasteiger charge is -2.15. The van der Waals surface area contributed by atoms with Gasteiger partial charge in [-0.15, -0.1) is 0 Å². The van der Waals surface area contributed by atoms with Gasteiger partial charge < -0.3 is 9.64 Å². The summed E-state index contributed by atoms with van der Waals surface area (Å²) in [7, 11) is 1.34. The molecule has 0 aromatic carbocycles. The molecule has 0 aliphatic carbocycles. The summed E-state index contributed by atoms with van der Waals surface area (Å²) < 4.78 is 4.47. The summed E-state index contributed by atoms with van der Waals surface area (Å²) in [5.74, 6) is 0.349. The molecule has 14 heavy (non-hydrogen) atoms. The zero-order chi connectivity index (χ0) is 10.6. The third kappa shape index (κ3) is 3.01. The van der Waals surface area contributed by atoms with Crippen molar-refractivity contribution in [3.8, 4) is 0 Å². The molecule has 0 aromatic rings. The van der Waals surface area contributed by atoms with Crippen molar-refractivity contribution in [2.24, 2.45) is 5.92 Å². The lowest BCUT2D eigenvalue weighted by molar-refractivity contribution is -0.143. The van der Waals surface area contributed by atoms with E-state index in [1.807, 2.05) is 4.90 Å². The summed E-state index contributed by atoms with van der Waals surface area (Å²) in [4.78, 5) is 24.2. The van der Waals surface area contributed by atoms with Crippen molar-refractivity contribution in [1.82, 2.24) is 4.90 Å². The van der Waals surface area contributed by atoms with E-state index in [0.29, 0.717) is 5.92 Å². The molecule has 0 N–H and O–H groups in total. The van der Waals surface area contributed by atoms with Crippen molar-refractivity contribution in [2.75, 3.05) is 20.2 Å². The summed E-state index contributed by atoms with van der Waals surface area (Å²) in [5.41, 5.74) is 0. The number of amides is 1. The number of esters is 1. The van der Waals surface area contributed by atoms with Crippen molar-refractivity contribution in [2.45, 2.75) is 26.2 Å². The van der Waals surface area contributed by atoms with E-state index >= 15 is 0 Å². The van der Waals surface area contributed by atoms with Gasteiger partial charge in [-0.1, -0.05) is 6.92 Å². The molecule has 1 aliphatic heterocycles. The summed E-state index contributed by atoms with van der Waals surface area (Å²) >= 11 is 0. The van der Waals surface area contributed by atoms with Gasteiger partial charge in [0.1, 0.15) is 0 Å². The average Bonchev–Trinajstić information content (AvgIpc) is 2.60. The summed E-state index contributed by atoms with van der Waals surface area (Å²) in [6.45, 7) is 3.80. The van der Waals surface area contributed by atoms with Crippen LogP contribution in [0.3, 0.4) is 0 Å². The molecule has 0 spiro atoms. The molecule has 0 saturated carbocycles. The molecule has 1 aliphatic rings. The van der Waals surface area contributed by atoms with Crippen LogP contribution in [0.2, 0.25) is 0 Å². The Balaban J connectivity index is 2.25. The van der Waals surface area contributed by atoms with E-state index in [9.17, 15) is 9.59 Å². The van der Waals surface area contributed by atoms with E-state index in [-0.39, 0.29) is 24.7 Å². The molecule has 1 amide bonds. The molecule has 0 radical (unpaired) electrons. The van der Waals surface area contributed by atoms with E-state index in [4.69, 9.17) is 0 Å². The Hall–Kier alpha value is -1.06. The lowest BCUT2D eigenvalue weighted by Crippen LogP contribution is -2.28. The second kappa shape index (κ2) is 4.98. The third-order valence-corrected chi connectivity index (χ3v) is 2.55. The van der Waals surface area contributed by atoms with Crippen LogP contribution >= 0.6 is 0 Å². The molecule has 1 atom stereocenters. The van der Waals surface area contributed by atoms with E-state index in [0.717, 1.165) is 19.5 Å². The highest BCUT2D eigenvalue weighted by Crippen LogP contribution is 2.16. The van der Waals surface area contributed by atoms with Crippen molar-refractivity contribution in [3.63, 3.8) is 0 Å². The standard InChI is InChI=1S/C10H17NO3/c1-8-5-6-11(7-8)9(12)3-4-10(13)14-2/h8H,3-7H2,1-2H3. The minimum Gasteiger partial charge on any atom is -0.469 e. The van der Waals surface area contributed by atoms with Gasteiger partial charge in [0.15, 0.2) is 0 Å². The maximum atomic E-state index is 11.5. The van der Waals surface area contributed by atoms with Gasteiger partial charge >= 0.3 is 5.97 Å². The Labute approximate surface area is 84.2 Å². The van der Waals surface area contributed by atoms with Crippen LogP contribution < -0.4 is 0 Å². The molecule has 4 nitrogen and oxygen atoms in total. The molecule has 1 unspecified atom stereocenters. The van der Waals surface area contributed by atoms with Crippen LogP contribution in [0.25, 0.3) is 0 Å². The maximum Gasteiger partial charge on any atom is 0.306 e. The second-order valence-corrected chi connectivity index (χ2v) is 3.81. The SMILES string of the molecule is COC(=O)CCC(=O)N1CCC(C)C1. The first-order valence-electron chi connectivity index (χ1n) is 4.98. The monoisotopic (exact) mass is 199 g/mol. The third-order valence-electron chi connectivity index (χ3n) is 2.55. The number of ether oxygens (including phenoxy) is 1. The normalized spacial score (nSPS) is 21.0. The zero-order valence-corrected chi connectivity index (χ0v) is 8.78. The van der Waals surface area contributed by atoms with Crippen molar-refractivity contribution in [3.05, 3.63) is 0 Å². The molecular weight excluding hydrogens is 182 g/mol. The largest absolute Gasteiger partial charge is 0.469 e. The van der Waals surface area contributed by atoms with Crippen LogP contribution in [-0.2, 0) is 14.3 Å². The molecule has 4 heteroatoms. The maximum absolute atomic E-state index is 11.5. The number of carbonyl (C=O) groups is 2. The van der Waals surface area contributed by atoms with Crippen molar-refractivity contribution < 1.29 is 14.3 Å². The number of carbonyl (C=O) groups excluding carboxylic acids is 2. The Morgan fingerprint density at radius 1 is 1.43 bits per heavy atom. The van der Waals surface area contributed by atoms with Gasteiger partial charge in [-0.2, -0.15) is 0 Å². The Morgan fingerprint density at radius 2 is 2.14 bits per heavy atom. The molecule has 0 aromatic heterocycles. The number of hydrogen-bond donors (Lipinski definition) is 0. The lowest BCUT2D eigenvalue weighted by atomic mass is 10.2. The fourth-order valence-electron chi connectivity index (χ4n) is 1.63. The summed E-state index contributed by atoms with van der Waals surface area (Å²) in [6.07, 6.45) is 1.55. The van der Waals surface area contributed by atoms with E-state index in [1.54, 1.807) is 0 Å². The van der Waals surface area contributed by atoms with Crippen LogP contribution in [-0.4, -0.2) is 37.0 Å².